The third-order valence-electron chi connectivity index (χ3n) is 9.82. The number of ether oxygens (including phenoxy) is 1. The number of piperidine rings is 2. The predicted octanol–water partition coefficient (Wildman–Crippen LogP) is 3.91. The van der Waals surface area contributed by atoms with Crippen LogP contribution in [0.2, 0.25) is 0 Å². The smallest absolute Gasteiger partial charge is 0.256 e. The summed E-state index contributed by atoms with van der Waals surface area (Å²) in [4.78, 5) is 16.5. The number of carbonyl (C=O) groups is 1. The Balaban J connectivity index is 1.10. The second-order valence-electron chi connectivity index (χ2n) is 12.4. The molecular weight excluding hydrogens is 562 g/mol. The second kappa shape index (κ2) is 12.4. The monoisotopic (exact) mass is 603 g/mol. The molecule has 228 valence electrons. The zero-order valence-corrected chi connectivity index (χ0v) is 25.4. The molecule has 9 heteroatoms. The summed E-state index contributed by atoms with van der Waals surface area (Å²) in [6, 6.07) is 25.5. The Morgan fingerprint density at radius 1 is 0.930 bits per heavy atom. The van der Waals surface area contributed by atoms with Crippen molar-refractivity contribution >= 4 is 15.9 Å². The normalized spacial score (nSPS) is 26.7. The highest BCUT2D eigenvalue weighted by Crippen LogP contribution is 2.46. The first-order valence-electron chi connectivity index (χ1n) is 15.2. The van der Waals surface area contributed by atoms with Gasteiger partial charge in [-0.15, -0.1) is 0 Å². The van der Waals surface area contributed by atoms with Gasteiger partial charge < -0.3 is 15.2 Å². The van der Waals surface area contributed by atoms with Crippen LogP contribution in [0.15, 0.2) is 89.8 Å². The van der Waals surface area contributed by atoms with Crippen LogP contribution in [-0.4, -0.2) is 57.1 Å². The Kier molecular flexibility index (Phi) is 8.60. The molecular formula is C34H41N3O5S. The maximum absolute atomic E-state index is 13.9. The molecule has 3 aromatic carbocycles. The van der Waals surface area contributed by atoms with Crippen molar-refractivity contribution in [2.45, 2.75) is 48.8 Å². The van der Waals surface area contributed by atoms with E-state index in [2.05, 4.69) is 39.2 Å². The Morgan fingerprint density at radius 3 is 2.23 bits per heavy atom. The summed E-state index contributed by atoms with van der Waals surface area (Å²) in [6.45, 7) is 3.54. The van der Waals surface area contributed by atoms with Crippen LogP contribution < -0.4 is 14.8 Å². The fraction of sp³-hybridized carbons (Fsp3) is 0.441. The second-order valence-corrected chi connectivity index (χ2v) is 14.2. The van der Waals surface area contributed by atoms with E-state index < -0.39 is 27.4 Å². The molecule has 2 saturated carbocycles. The SMILES string of the molecule is COc1ccc(S(=O)(=O)NC2CCC(C(O)(C(=O)NCC3[C@H]4C[C@H]3CN(Cc3ccccc3)C4)c3ccccc3)C2)cc1. The number of rotatable bonds is 11. The Labute approximate surface area is 254 Å². The number of hydrogen-bond acceptors (Lipinski definition) is 6. The molecule has 0 radical (unpaired) electrons. The predicted molar refractivity (Wildman–Crippen MR) is 165 cm³/mol. The van der Waals surface area contributed by atoms with E-state index in [1.165, 1.54) is 31.2 Å². The molecule has 3 aromatic rings. The number of benzene rings is 3. The van der Waals surface area contributed by atoms with E-state index in [1.54, 1.807) is 24.3 Å². The Morgan fingerprint density at radius 2 is 1.58 bits per heavy atom. The van der Waals surface area contributed by atoms with Crippen molar-refractivity contribution in [1.29, 1.82) is 0 Å². The zero-order chi connectivity index (χ0) is 30.0. The first-order chi connectivity index (χ1) is 20.8. The molecule has 4 aliphatic rings. The molecule has 3 N–H and O–H groups in total. The average Bonchev–Trinajstić information content (AvgIpc) is 3.49. The molecule has 43 heavy (non-hydrogen) atoms. The summed E-state index contributed by atoms with van der Waals surface area (Å²) < 4.78 is 34.1. The van der Waals surface area contributed by atoms with Crippen LogP contribution in [0.5, 0.6) is 5.75 Å². The van der Waals surface area contributed by atoms with E-state index in [0.29, 0.717) is 54.9 Å². The van der Waals surface area contributed by atoms with Crippen LogP contribution in [0, 0.1) is 23.7 Å². The van der Waals surface area contributed by atoms with Crippen molar-refractivity contribution in [3.8, 4) is 5.75 Å². The third kappa shape index (κ3) is 6.22. The highest BCUT2D eigenvalue weighted by atomic mass is 32.2. The van der Waals surface area contributed by atoms with Crippen LogP contribution in [0.1, 0.15) is 36.8 Å². The lowest BCUT2D eigenvalue weighted by Gasteiger charge is -2.54. The van der Waals surface area contributed by atoms with Crippen molar-refractivity contribution in [2.24, 2.45) is 23.7 Å². The van der Waals surface area contributed by atoms with Gasteiger partial charge in [-0.25, -0.2) is 13.1 Å². The number of hydrogen-bond donors (Lipinski definition) is 3. The third-order valence-corrected chi connectivity index (χ3v) is 11.4. The van der Waals surface area contributed by atoms with Crippen molar-refractivity contribution in [3.05, 3.63) is 96.1 Å². The largest absolute Gasteiger partial charge is 0.497 e. The summed E-state index contributed by atoms with van der Waals surface area (Å²) >= 11 is 0. The minimum atomic E-state index is -3.76. The number of aliphatic hydroxyl groups is 1. The summed E-state index contributed by atoms with van der Waals surface area (Å²) in [5.74, 6) is 1.23. The van der Waals surface area contributed by atoms with Gasteiger partial charge in [-0.3, -0.25) is 9.69 Å². The summed E-state index contributed by atoms with van der Waals surface area (Å²) in [5.41, 5.74) is 0.112. The van der Waals surface area contributed by atoms with Gasteiger partial charge in [0.2, 0.25) is 10.0 Å². The molecule has 0 aromatic heterocycles. The van der Waals surface area contributed by atoms with Gasteiger partial charge in [-0.1, -0.05) is 60.7 Å². The number of nitrogens with one attached hydrogen (secondary N) is 2. The molecule has 8 nitrogen and oxygen atoms in total. The van der Waals surface area contributed by atoms with Crippen molar-refractivity contribution in [3.63, 3.8) is 0 Å². The number of carbonyl (C=O) groups excluding carboxylic acids is 1. The molecule has 2 aliphatic carbocycles. The standard InChI is InChI=1S/C34H41N3O5S/c1-42-30-14-16-31(17-15-30)43(40,41)36-29-13-12-28(19-29)34(39,27-10-6-3-7-11-27)33(38)35-20-32-25-18-26(32)23-37(22-25)21-24-8-4-2-5-9-24/h2-11,14-17,25-26,28-29,32,36,39H,12-13,18-23H2,1H3,(H,35,38)/t25-,26-,28?,29?,34?/m0/s1. The first-order valence-corrected chi connectivity index (χ1v) is 16.7. The van der Waals surface area contributed by atoms with Gasteiger partial charge in [0.05, 0.1) is 12.0 Å². The number of nitrogens with zero attached hydrogens (tertiary/aromatic N) is 1. The summed E-state index contributed by atoms with van der Waals surface area (Å²) in [6.07, 6.45) is 2.61. The summed E-state index contributed by atoms with van der Waals surface area (Å²) in [5, 5.41) is 15.3. The molecule has 4 fully saturated rings. The fourth-order valence-corrected chi connectivity index (χ4v) is 8.77. The number of fused-ring (bicyclic) bond motifs is 2. The lowest BCUT2D eigenvalue weighted by Crippen LogP contribution is -2.59. The molecule has 7 rings (SSSR count). The van der Waals surface area contributed by atoms with E-state index in [-0.39, 0.29) is 10.9 Å². The maximum Gasteiger partial charge on any atom is 0.256 e. The van der Waals surface area contributed by atoms with Crippen LogP contribution >= 0.6 is 0 Å². The topological polar surface area (TPSA) is 108 Å². The Hall–Kier alpha value is -3.24. The van der Waals surface area contributed by atoms with Gasteiger partial charge in [0.25, 0.3) is 5.91 Å². The molecule has 2 bridgehead atoms. The molecule has 1 amide bonds. The highest BCUT2D eigenvalue weighted by Gasteiger charge is 2.50. The lowest BCUT2D eigenvalue weighted by atomic mass is 9.61. The van der Waals surface area contributed by atoms with E-state index in [9.17, 15) is 18.3 Å². The minimum absolute atomic E-state index is 0.154. The van der Waals surface area contributed by atoms with E-state index in [4.69, 9.17) is 4.74 Å². The van der Waals surface area contributed by atoms with Crippen LogP contribution in [0.4, 0.5) is 0 Å². The molecule has 0 spiro atoms. The quantitative estimate of drug-likeness (QED) is 0.307. The van der Waals surface area contributed by atoms with E-state index >= 15 is 0 Å². The van der Waals surface area contributed by atoms with Gasteiger partial charge in [-0.05, 0) is 78.8 Å². The fourth-order valence-electron chi connectivity index (χ4n) is 7.49. The van der Waals surface area contributed by atoms with E-state index in [0.717, 1.165) is 19.6 Å². The van der Waals surface area contributed by atoms with Gasteiger partial charge in [0.15, 0.2) is 5.60 Å². The maximum atomic E-state index is 13.9. The van der Waals surface area contributed by atoms with Gasteiger partial charge in [0.1, 0.15) is 5.75 Å². The van der Waals surface area contributed by atoms with Crippen molar-refractivity contribution < 1.29 is 23.1 Å². The van der Waals surface area contributed by atoms with Crippen LogP contribution in [0.3, 0.4) is 0 Å². The number of methoxy groups -OCH3 is 1. The molecule has 2 heterocycles. The lowest BCUT2D eigenvalue weighted by molar-refractivity contribution is -0.148. The van der Waals surface area contributed by atoms with Gasteiger partial charge >= 0.3 is 0 Å². The van der Waals surface area contributed by atoms with Crippen LogP contribution in [0.25, 0.3) is 0 Å². The molecule has 3 unspecified atom stereocenters. The van der Waals surface area contributed by atoms with Gasteiger partial charge in [0, 0.05) is 38.1 Å². The zero-order valence-electron chi connectivity index (χ0n) is 24.6. The number of amides is 1. The highest BCUT2D eigenvalue weighted by molar-refractivity contribution is 7.89. The Bertz CT molecular complexity index is 1490. The van der Waals surface area contributed by atoms with E-state index in [1.807, 2.05) is 24.3 Å². The number of sulfonamides is 1. The van der Waals surface area contributed by atoms with Crippen molar-refractivity contribution in [1.82, 2.24) is 14.9 Å². The minimum Gasteiger partial charge on any atom is -0.497 e. The molecule has 2 aliphatic heterocycles. The van der Waals surface area contributed by atoms with Crippen LogP contribution in [-0.2, 0) is 27.0 Å². The van der Waals surface area contributed by atoms with Crippen molar-refractivity contribution in [2.75, 3.05) is 26.7 Å². The summed E-state index contributed by atoms with van der Waals surface area (Å²) in [7, 11) is -2.23. The molecule has 2 saturated heterocycles. The average molecular weight is 604 g/mol. The molecule has 5 atom stereocenters. The first kappa shape index (κ1) is 29.8. The van der Waals surface area contributed by atoms with Gasteiger partial charge in [-0.2, -0.15) is 0 Å².